The van der Waals surface area contributed by atoms with Crippen molar-refractivity contribution in [2.75, 3.05) is 0 Å². The van der Waals surface area contributed by atoms with Gasteiger partial charge in [-0.1, -0.05) is 12.8 Å². The third-order valence-electron chi connectivity index (χ3n) is 1.68. The SMILES string of the molecule is Fc1cc(F)c2c(ccn2S)c1. The highest BCUT2D eigenvalue weighted by molar-refractivity contribution is 7.78. The van der Waals surface area contributed by atoms with Crippen LogP contribution in [0.5, 0.6) is 0 Å². The molecule has 0 radical (unpaired) electrons. The van der Waals surface area contributed by atoms with Gasteiger partial charge in [0.25, 0.3) is 0 Å². The van der Waals surface area contributed by atoms with Crippen LogP contribution in [0.15, 0.2) is 24.4 Å². The quantitative estimate of drug-likeness (QED) is 0.602. The zero-order chi connectivity index (χ0) is 8.72. The van der Waals surface area contributed by atoms with Crippen molar-refractivity contribution in [2.24, 2.45) is 0 Å². The Morgan fingerprint density at radius 1 is 1.25 bits per heavy atom. The predicted octanol–water partition coefficient (Wildman–Crippen LogP) is 2.61. The molecule has 1 aromatic carbocycles. The molecule has 1 heterocycles. The number of aromatic nitrogens is 1. The summed E-state index contributed by atoms with van der Waals surface area (Å²) in [5.41, 5.74) is 0.305. The summed E-state index contributed by atoms with van der Waals surface area (Å²) >= 11 is 3.96. The monoisotopic (exact) mass is 185 g/mol. The number of halogens is 2. The Balaban J connectivity index is 2.93. The Morgan fingerprint density at radius 2 is 2.00 bits per heavy atom. The van der Waals surface area contributed by atoms with Gasteiger partial charge in [-0.15, -0.1) is 0 Å². The second kappa shape index (κ2) is 2.48. The topological polar surface area (TPSA) is 4.93 Å². The first-order valence-electron chi connectivity index (χ1n) is 3.34. The number of benzene rings is 1. The Bertz CT molecular complexity index is 436. The Hall–Kier alpha value is -1.03. The van der Waals surface area contributed by atoms with Crippen LogP contribution < -0.4 is 0 Å². The van der Waals surface area contributed by atoms with E-state index in [1.54, 1.807) is 12.3 Å². The summed E-state index contributed by atoms with van der Waals surface area (Å²) in [6, 6.07) is 3.72. The number of nitrogens with zero attached hydrogens (tertiary/aromatic N) is 1. The van der Waals surface area contributed by atoms with Crippen molar-refractivity contribution in [3.05, 3.63) is 36.0 Å². The maximum atomic E-state index is 13.0. The second-order valence-corrected chi connectivity index (χ2v) is 2.92. The zero-order valence-corrected chi connectivity index (χ0v) is 6.85. The van der Waals surface area contributed by atoms with Crippen molar-refractivity contribution in [2.45, 2.75) is 0 Å². The van der Waals surface area contributed by atoms with E-state index in [9.17, 15) is 8.78 Å². The largest absolute Gasteiger partial charge is 0.291 e. The molecule has 0 aliphatic heterocycles. The smallest absolute Gasteiger partial charge is 0.151 e. The minimum absolute atomic E-state index is 0.305. The molecule has 2 rings (SSSR count). The van der Waals surface area contributed by atoms with Gasteiger partial charge in [-0.25, -0.2) is 8.78 Å². The van der Waals surface area contributed by atoms with Crippen LogP contribution in [0.2, 0.25) is 0 Å². The first kappa shape index (κ1) is 7.61. The fourth-order valence-corrected chi connectivity index (χ4v) is 1.46. The van der Waals surface area contributed by atoms with Crippen LogP contribution in [-0.2, 0) is 0 Å². The molecule has 1 aromatic heterocycles. The summed E-state index contributed by atoms with van der Waals surface area (Å²) in [4.78, 5) is 0. The minimum Gasteiger partial charge on any atom is -0.291 e. The fourth-order valence-electron chi connectivity index (χ4n) is 1.18. The van der Waals surface area contributed by atoms with Gasteiger partial charge >= 0.3 is 0 Å². The van der Waals surface area contributed by atoms with Gasteiger partial charge in [-0.2, -0.15) is 0 Å². The second-order valence-electron chi connectivity index (χ2n) is 2.49. The maximum Gasteiger partial charge on any atom is 0.151 e. The molecule has 0 amide bonds. The number of hydrogen-bond acceptors (Lipinski definition) is 1. The van der Waals surface area contributed by atoms with E-state index in [0.29, 0.717) is 10.9 Å². The van der Waals surface area contributed by atoms with E-state index in [-0.39, 0.29) is 0 Å². The molecule has 2 aromatic rings. The van der Waals surface area contributed by atoms with Gasteiger partial charge in [0, 0.05) is 17.6 Å². The molecule has 0 fully saturated rings. The van der Waals surface area contributed by atoms with E-state index in [0.717, 1.165) is 6.07 Å². The Labute approximate surface area is 73.2 Å². The lowest BCUT2D eigenvalue weighted by Gasteiger charge is -1.96. The molecule has 4 heteroatoms. The van der Waals surface area contributed by atoms with Crippen LogP contribution in [0, 0.1) is 11.6 Å². The van der Waals surface area contributed by atoms with Gasteiger partial charge in [0.15, 0.2) is 5.82 Å². The van der Waals surface area contributed by atoms with Crippen LogP contribution in [0.4, 0.5) is 8.78 Å². The van der Waals surface area contributed by atoms with Crippen molar-refractivity contribution in [1.29, 1.82) is 0 Å². The number of fused-ring (bicyclic) bond motifs is 1. The van der Waals surface area contributed by atoms with Crippen LogP contribution >= 0.6 is 12.8 Å². The standard InChI is InChI=1S/C8H5F2NS/c9-6-3-5-1-2-11(12)8(5)7(10)4-6/h1-4,12H. The lowest BCUT2D eigenvalue weighted by atomic mass is 10.2. The molecule has 0 bridgehead atoms. The molecule has 0 aliphatic rings. The molecule has 12 heavy (non-hydrogen) atoms. The molecule has 0 unspecified atom stereocenters. The van der Waals surface area contributed by atoms with Crippen molar-refractivity contribution >= 4 is 23.7 Å². The highest BCUT2D eigenvalue weighted by atomic mass is 32.1. The van der Waals surface area contributed by atoms with Gasteiger partial charge < -0.3 is 0 Å². The summed E-state index contributed by atoms with van der Waals surface area (Å²) in [5, 5.41) is 0.516. The molecule has 0 atom stereocenters. The highest BCUT2D eigenvalue weighted by Crippen LogP contribution is 2.21. The summed E-state index contributed by atoms with van der Waals surface area (Å²) < 4.78 is 27.0. The molecule has 0 saturated carbocycles. The van der Waals surface area contributed by atoms with Gasteiger partial charge in [0.2, 0.25) is 0 Å². The highest BCUT2D eigenvalue weighted by Gasteiger charge is 2.06. The predicted molar refractivity (Wildman–Crippen MR) is 46.2 cm³/mol. The van der Waals surface area contributed by atoms with E-state index in [2.05, 4.69) is 12.8 Å². The third kappa shape index (κ3) is 0.992. The van der Waals surface area contributed by atoms with Crippen molar-refractivity contribution < 1.29 is 8.78 Å². The number of thiol groups is 1. The number of hydrogen-bond donors (Lipinski definition) is 1. The summed E-state index contributed by atoms with van der Waals surface area (Å²) in [6.45, 7) is 0. The third-order valence-corrected chi connectivity index (χ3v) is 2.02. The van der Waals surface area contributed by atoms with E-state index in [1.807, 2.05) is 0 Å². The Morgan fingerprint density at radius 3 is 2.75 bits per heavy atom. The van der Waals surface area contributed by atoms with Crippen molar-refractivity contribution in [3.63, 3.8) is 0 Å². The summed E-state index contributed by atoms with van der Waals surface area (Å²) in [6.07, 6.45) is 1.57. The molecule has 0 N–H and O–H groups in total. The van der Waals surface area contributed by atoms with Gasteiger partial charge in [0.1, 0.15) is 5.82 Å². The van der Waals surface area contributed by atoms with Gasteiger partial charge in [0.05, 0.1) is 5.52 Å². The van der Waals surface area contributed by atoms with Crippen LogP contribution in [0.3, 0.4) is 0 Å². The minimum atomic E-state index is -0.593. The van der Waals surface area contributed by atoms with Crippen molar-refractivity contribution in [1.82, 2.24) is 3.97 Å². The van der Waals surface area contributed by atoms with Gasteiger partial charge in [-0.3, -0.25) is 3.97 Å². The van der Waals surface area contributed by atoms with E-state index in [1.165, 1.54) is 10.0 Å². The molecule has 0 spiro atoms. The maximum absolute atomic E-state index is 13.0. The molecule has 0 aliphatic carbocycles. The van der Waals surface area contributed by atoms with Gasteiger partial charge in [-0.05, 0) is 12.1 Å². The fraction of sp³-hybridized carbons (Fsp3) is 0. The lowest BCUT2D eigenvalue weighted by Crippen LogP contribution is -1.84. The molecular weight excluding hydrogens is 180 g/mol. The average Bonchev–Trinajstić information content (AvgIpc) is 2.31. The lowest BCUT2D eigenvalue weighted by molar-refractivity contribution is 0.590. The molecule has 0 saturated heterocycles. The molecule has 62 valence electrons. The molecule has 1 nitrogen and oxygen atoms in total. The van der Waals surface area contributed by atoms with E-state index in [4.69, 9.17) is 0 Å². The first-order valence-corrected chi connectivity index (χ1v) is 3.74. The molecular formula is C8H5F2NS. The summed E-state index contributed by atoms with van der Waals surface area (Å²) in [5.74, 6) is -1.16. The normalized spacial score (nSPS) is 10.9. The van der Waals surface area contributed by atoms with E-state index >= 15 is 0 Å². The first-order chi connectivity index (χ1) is 5.68. The van der Waals surface area contributed by atoms with Crippen molar-refractivity contribution in [3.8, 4) is 0 Å². The van der Waals surface area contributed by atoms with Crippen LogP contribution in [0.25, 0.3) is 10.9 Å². The van der Waals surface area contributed by atoms with E-state index < -0.39 is 11.6 Å². The average molecular weight is 185 g/mol. The van der Waals surface area contributed by atoms with Crippen LogP contribution in [-0.4, -0.2) is 3.97 Å². The number of rotatable bonds is 0. The van der Waals surface area contributed by atoms with Crippen LogP contribution in [0.1, 0.15) is 0 Å². The summed E-state index contributed by atoms with van der Waals surface area (Å²) in [7, 11) is 0. The Kier molecular flexibility index (Phi) is 1.58. The zero-order valence-electron chi connectivity index (χ0n) is 5.96.